The van der Waals surface area contributed by atoms with Crippen LogP contribution in [-0.4, -0.2) is 33.0 Å². The number of nitrogens with one attached hydrogen (secondary N) is 1. The van der Waals surface area contributed by atoms with Crippen LogP contribution in [0.1, 0.15) is 32.6 Å². The third-order valence-electron chi connectivity index (χ3n) is 4.13. The Morgan fingerprint density at radius 1 is 1.41 bits per heavy atom. The van der Waals surface area contributed by atoms with Gasteiger partial charge in [0.2, 0.25) is 10.0 Å². The zero-order valence-corrected chi connectivity index (χ0v) is 13.6. The molecule has 1 aromatic rings. The SMILES string of the molecule is CCC1CCCCN1c1ccc(S(=O)(=O)NC)cc1[N+](=O)[O-]. The van der Waals surface area contributed by atoms with Crippen molar-refractivity contribution in [1.29, 1.82) is 0 Å². The summed E-state index contributed by atoms with van der Waals surface area (Å²) < 4.78 is 25.9. The highest BCUT2D eigenvalue weighted by atomic mass is 32.2. The minimum atomic E-state index is -3.69. The van der Waals surface area contributed by atoms with Gasteiger partial charge in [0.1, 0.15) is 5.69 Å². The Morgan fingerprint density at radius 3 is 2.73 bits per heavy atom. The van der Waals surface area contributed by atoms with E-state index in [9.17, 15) is 18.5 Å². The van der Waals surface area contributed by atoms with Crippen LogP contribution in [0.4, 0.5) is 11.4 Å². The Hall–Kier alpha value is -1.67. The molecule has 0 bridgehead atoms. The molecule has 1 saturated heterocycles. The first-order valence-electron chi connectivity index (χ1n) is 7.39. The predicted molar refractivity (Wildman–Crippen MR) is 84.6 cm³/mol. The molecule has 1 N–H and O–H groups in total. The molecule has 0 aromatic heterocycles. The minimum Gasteiger partial charge on any atom is -0.363 e. The van der Waals surface area contributed by atoms with Gasteiger partial charge in [-0.15, -0.1) is 0 Å². The molecule has 2 rings (SSSR count). The van der Waals surface area contributed by atoms with Gasteiger partial charge in [0.05, 0.1) is 9.82 Å². The smallest absolute Gasteiger partial charge is 0.293 e. The van der Waals surface area contributed by atoms with Crippen LogP contribution in [0.15, 0.2) is 23.1 Å². The van der Waals surface area contributed by atoms with Crippen LogP contribution in [0.2, 0.25) is 0 Å². The van der Waals surface area contributed by atoms with E-state index >= 15 is 0 Å². The second-order valence-electron chi connectivity index (χ2n) is 5.37. The first kappa shape index (κ1) is 16.7. The topological polar surface area (TPSA) is 92.6 Å². The first-order valence-corrected chi connectivity index (χ1v) is 8.87. The van der Waals surface area contributed by atoms with Crippen molar-refractivity contribution in [1.82, 2.24) is 4.72 Å². The highest BCUT2D eigenvalue weighted by Crippen LogP contribution is 2.35. The van der Waals surface area contributed by atoms with Gasteiger partial charge in [0.25, 0.3) is 5.69 Å². The van der Waals surface area contributed by atoms with Crippen LogP contribution in [0.3, 0.4) is 0 Å². The van der Waals surface area contributed by atoms with Crippen molar-refractivity contribution in [2.45, 2.75) is 43.5 Å². The molecule has 1 heterocycles. The van der Waals surface area contributed by atoms with Crippen molar-refractivity contribution < 1.29 is 13.3 Å². The number of hydrogen-bond acceptors (Lipinski definition) is 5. The number of anilines is 1. The number of nitro groups is 1. The van der Waals surface area contributed by atoms with E-state index in [1.54, 1.807) is 6.07 Å². The number of nitrogens with zero attached hydrogens (tertiary/aromatic N) is 2. The second kappa shape index (κ2) is 6.62. The van der Waals surface area contributed by atoms with E-state index in [1.165, 1.54) is 13.1 Å². The lowest BCUT2D eigenvalue weighted by Crippen LogP contribution is -2.39. The Balaban J connectivity index is 2.50. The fourth-order valence-corrected chi connectivity index (χ4v) is 3.67. The Morgan fingerprint density at radius 2 is 2.14 bits per heavy atom. The summed E-state index contributed by atoms with van der Waals surface area (Å²) in [5, 5.41) is 11.4. The molecule has 1 aliphatic heterocycles. The van der Waals surface area contributed by atoms with Crippen molar-refractivity contribution in [2.24, 2.45) is 0 Å². The van der Waals surface area contributed by atoms with E-state index in [4.69, 9.17) is 0 Å². The summed E-state index contributed by atoms with van der Waals surface area (Å²) in [4.78, 5) is 12.8. The van der Waals surface area contributed by atoms with Crippen LogP contribution in [0, 0.1) is 10.1 Å². The molecule has 1 aromatic carbocycles. The molecule has 0 aliphatic carbocycles. The minimum absolute atomic E-state index is 0.0875. The third kappa shape index (κ3) is 3.22. The molecule has 1 atom stereocenters. The van der Waals surface area contributed by atoms with Gasteiger partial charge in [0.15, 0.2) is 0 Å². The van der Waals surface area contributed by atoms with Gasteiger partial charge in [-0.2, -0.15) is 0 Å². The maximum Gasteiger partial charge on any atom is 0.293 e. The van der Waals surface area contributed by atoms with Crippen LogP contribution in [-0.2, 0) is 10.0 Å². The Kier molecular flexibility index (Phi) is 5.02. The average Bonchev–Trinajstić information content (AvgIpc) is 2.54. The maximum absolute atomic E-state index is 11.8. The molecule has 0 spiro atoms. The van der Waals surface area contributed by atoms with Gasteiger partial charge in [-0.05, 0) is 44.9 Å². The summed E-state index contributed by atoms with van der Waals surface area (Å²) in [5.41, 5.74) is 0.350. The van der Waals surface area contributed by atoms with Crippen molar-refractivity contribution in [3.05, 3.63) is 28.3 Å². The van der Waals surface area contributed by atoms with Gasteiger partial charge in [-0.3, -0.25) is 10.1 Å². The van der Waals surface area contributed by atoms with E-state index in [0.717, 1.165) is 38.3 Å². The molecule has 7 nitrogen and oxygen atoms in total. The van der Waals surface area contributed by atoms with Crippen LogP contribution < -0.4 is 9.62 Å². The molecule has 8 heteroatoms. The van der Waals surface area contributed by atoms with Gasteiger partial charge in [0, 0.05) is 18.7 Å². The van der Waals surface area contributed by atoms with Gasteiger partial charge in [-0.25, -0.2) is 13.1 Å². The van der Waals surface area contributed by atoms with E-state index < -0.39 is 14.9 Å². The zero-order valence-electron chi connectivity index (χ0n) is 12.8. The van der Waals surface area contributed by atoms with Crippen molar-refractivity contribution >= 4 is 21.4 Å². The average molecular weight is 327 g/mol. The van der Waals surface area contributed by atoms with E-state index in [0.29, 0.717) is 5.69 Å². The Bertz CT molecular complexity index is 660. The zero-order chi connectivity index (χ0) is 16.3. The molecule has 0 saturated carbocycles. The van der Waals surface area contributed by atoms with E-state index in [1.807, 2.05) is 4.90 Å². The molecule has 0 amide bonds. The second-order valence-corrected chi connectivity index (χ2v) is 7.25. The number of sulfonamides is 1. The fraction of sp³-hybridized carbons (Fsp3) is 0.571. The van der Waals surface area contributed by atoms with Crippen LogP contribution in [0.25, 0.3) is 0 Å². The standard InChI is InChI=1S/C14H21N3O4S/c1-3-11-6-4-5-9-16(11)13-8-7-12(22(20,21)15-2)10-14(13)17(18)19/h7-8,10-11,15H,3-6,9H2,1-2H3. The molecule has 1 unspecified atom stereocenters. The number of nitro benzene ring substituents is 1. The highest BCUT2D eigenvalue weighted by Gasteiger charge is 2.28. The molecular formula is C14H21N3O4S. The monoisotopic (exact) mass is 327 g/mol. The number of piperidine rings is 1. The lowest BCUT2D eigenvalue weighted by Gasteiger charge is -2.36. The normalized spacial score (nSPS) is 19.2. The maximum atomic E-state index is 11.8. The Labute approximate surface area is 130 Å². The third-order valence-corrected chi connectivity index (χ3v) is 5.54. The van der Waals surface area contributed by atoms with Crippen LogP contribution in [0.5, 0.6) is 0 Å². The first-order chi connectivity index (χ1) is 10.4. The number of hydrogen-bond donors (Lipinski definition) is 1. The number of rotatable bonds is 5. The summed E-state index contributed by atoms with van der Waals surface area (Å²) in [7, 11) is -2.41. The molecular weight excluding hydrogens is 306 g/mol. The molecule has 122 valence electrons. The number of benzene rings is 1. The summed E-state index contributed by atoms with van der Waals surface area (Å²) in [6.45, 7) is 2.83. The van der Waals surface area contributed by atoms with Crippen molar-refractivity contribution in [3.8, 4) is 0 Å². The van der Waals surface area contributed by atoms with Crippen molar-refractivity contribution in [3.63, 3.8) is 0 Å². The predicted octanol–water partition coefficient (Wildman–Crippen LogP) is 2.27. The van der Waals surface area contributed by atoms with Crippen molar-refractivity contribution in [2.75, 3.05) is 18.5 Å². The fourth-order valence-electron chi connectivity index (χ4n) is 2.92. The van der Waals surface area contributed by atoms with Gasteiger partial charge < -0.3 is 4.90 Å². The largest absolute Gasteiger partial charge is 0.363 e. The van der Waals surface area contributed by atoms with E-state index in [-0.39, 0.29) is 16.6 Å². The molecule has 22 heavy (non-hydrogen) atoms. The van der Waals surface area contributed by atoms with Gasteiger partial charge >= 0.3 is 0 Å². The summed E-state index contributed by atoms with van der Waals surface area (Å²) in [6, 6.07) is 4.38. The molecule has 0 radical (unpaired) electrons. The quantitative estimate of drug-likeness (QED) is 0.661. The van der Waals surface area contributed by atoms with E-state index in [2.05, 4.69) is 11.6 Å². The molecule has 1 aliphatic rings. The van der Waals surface area contributed by atoms with Gasteiger partial charge in [-0.1, -0.05) is 6.92 Å². The lowest BCUT2D eigenvalue weighted by molar-refractivity contribution is -0.384. The van der Waals surface area contributed by atoms with Crippen LogP contribution >= 0.6 is 0 Å². The summed E-state index contributed by atoms with van der Waals surface area (Å²) in [5.74, 6) is 0. The highest BCUT2D eigenvalue weighted by molar-refractivity contribution is 7.89. The summed E-state index contributed by atoms with van der Waals surface area (Å²) in [6.07, 6.45) is 4.02. The lowest BCUT2D eigenvalue weighted by atomic mass is 9.99. The summed E-state index contributed by atoms with van der Waals surface area (Å²) >= 11 is 0. The molecule has 1 fully saturated rings.